The van der Waals surface area contributed by atoms with Crippen LogP contribution in [0.2, 0.25) is 0 Å². The van der Waals surface area contributed by atoms with Gasteiger partial charge in [0.15, 0.2) is 0 Å². The highest BCUT2D eigenvalue weighted by molar-refractivity contribution is 7.17. The molecule has 13 heteroatoms. The minimum absolute atomic E-state index is 0.0601. The van der Waals surface area contributed by atoms with Crippen molar-refractivity contribution in [2.45, 2.75) is 45.4 Å². The van der Waals surface area contributed by atoms with Gasteiger partial charge in [-0.3, -0.25) is 9.59 Å². The molecule has 5 aromatic heterocycles. The summed E-state index contributed by atoms with van der Waals surface area (Å²) in [5, 5.41) is 33.6. The Labute approximate surface area is 204 Å². The first kappa shape index (κ1) is 22.6. The number of aromatic hydroxyl groups is 2. The number of hydrogen-bond donors (Lipinski definition) is 2. The summed E-state index contributed by atoms with van der Waals surface area (Å²) >= 11 is 3.69. The van der Waals surface area contributed by atoms with Crippen LogP contribution in [0.5, 0.6) is 11.8 Å². The van der Waals surface area contributed by atoms with Gasteiger partial charge in [0.25, 0.3) is 11.1 Å². The third kappa shape index (κ3) is 3.51. The highest BCUT2D eigenvalue weighted by atomic mass is 32.1. The van der Waals surface area contributed by atoms with Crippen molar-refractivity contribution < 1.29 is 10.2 Å². The maximum Gasteiger partial charge on any atom is 0.283 e. The van der Waals surface area contributed by atoms with Crippen LogP contribution in [-0.4, -0.2) is 39.4 Å². The van der Waals surface area contributed by atoms with E-state index < -0.39 is 28.8 Å². The number of fused-ring (bicyclic) bond motifs is 2. The van der Waals surface area contributed by atoms with E-state index in [1.807, 2.05) is 27.7 Å². The first-order valence-corrected chi connectivity index (χ1v) is 13.0. The first-order chi connectivity index (χ1) is 16.2. The van der Waals surface area contributed by atoms with E-state index in [9.17, 15) is 19.8 Å². The molecule has 0 fully saturated rings. The van der Waals surface area contributed by atoms with Crippen molar-refractivity contribution in [1.82, 2.24) is 29.2 Å². The standard InChI is InChI=1S/C21H20N6O4S3/c1-8(2)16-24-26-18(30)12(14(28)22-20(26)33-16)11(10-6-5-7-32-10)13-15(29)23-21-27(19(13)31)25-17(34-21)9(3)4/h5-9,11,28-29H,1-4H3. The fourth-order valence-corrected chi connectivity index (χ4v) is 6.20. The first-order valence-electron chi connectivity index (χ1n) is 10.5. The van der Waals surface area contributed by atoms with Crippen molar-refractivity contribution in [1.29, 1.82) is 0 Å². The van der Waals surface area contributed by atoms with Gasteiger partial charge < -0.3 is 10.2 Å². The summed E-state index contributed by atoms with van der Waals surface area (Å²) in [6.07, 6.45) is 0. The van der Waals surface area contributed by atoms with E-state index in [1.54, 1.807) is 17.5 Å². The molecule has 0 bridgehead atoms. The molecule has 0 aliphatic carbocycles. The molecule has 0 amide bonds. The van der Waals surface area contributed by atoms with E-state index in [0.717, 1.165) is 9.03 Å². The Kier molecular flexibility index (Phi) is 5.49. The van der Waals surface area contributed by atoms with E-state index in [2.05, 4.69) is 20.2 Å². The Hall–Kier alpha value is -3.16. The highest BCUT2D eigenvalue weighted by Gasteiger charge is 2.33. The maximum absolute atomic E-state index is 13.6. The summed E-state index contributed by atoms with van der Waals surface area (Å²) in [6, 6.07) is 3.48. The zero-order chi connectivity index (χ0) is 24.3. The molecule has 0 saturated heterocycles. The third-order valence-corrected chi connectivity index (χ3v) is 8.63. The molecule has 5 aromatic rings. The molecule has 0 radical (unpaired) electrons. The molecule has 0 aromatic carbocycles. The average molecular weight is 517 g/mol. The highest BCUT2D eigenvalue weighted by Crippen LogP contribution is 2.38. The summed E-state index contributed by atoms with van der Waals surface area (Å²) in [5.74, 6) is -2.03. The van der Waals surface area contributed by atoms with Gasteiger partial charge in [-0.2, -0.15) is 29.2 Å². The summed E-state index contributed by atoms with van der Waals surface area (Å²) in [4.78, 5) is 36.6. The monoisotopic (exact) mass is 516 g/mol. The van der Waals surface area contributed by atoms with Crippen molar-refractivity contribution in [3.63, 3.8) is 0 Å². The van der Waals surface area contributed by atoms with Gasteiger partial charge in [0.2, 0.25) is 21.7 Å². The van der Waals surface area contributed by atoms with E-state index in [0.29, 0.717) is 14.9 Å². The smallest absolute Gasteiger partial charge is 0.283 e. The van der Waals surface area contributed by atoms with Crippen molar-refractivity contribution in [3.8, 4) is 11.8 Å². The van der Waals surface area contributed by atoms with E-state index in [-0.39, 0.29) is 32.9 Å². The molecule has 176 valence electrons. The van der Waals surface area contributed by atoms with Crippen molar-refractivity contribution in [2.75, 3.05) is 0 Å². The molecule has 0 spiro atoms. The van der Waals surface area contributed by atoms with Crippen LogP contribution in [-0.2, 0) is 0 Å². The number of hydrogen-bond acceptors (Lipinski definition) is 11. The molecule has 5 rings (SSSR count). The summed E-state index contributed by atoms with van der Waals surface area (Å²) in [5.41, 5.74) is -1.55. The molecular weight excluding hydrogens is 496 g/mol. The molecule has 10 nitrogen and oxygen atoms in total. The molecule has 5 heterocycles. The average Bonchev–Trinajstić information content (AvgIpc) is 3.51. The van der Waals surface area contributed by atoms with Crippen LogP contribution in [0.4, 0.5) is 0 Å². The van der Waals surface area contributed by atoms with Crippen LogP contribution in [0.1, 0.15) is 71.5 Å². The van der Waals surface area contributed by atoms with E-state index >= 15 is 0 Å². The topological polar surface area (TPSA) is 135 Å². The molecule has 0 aliphatic heterocycles. The van der Waals surface area contributed by atoms with Gasteiger partial charge in [-0.05, 0) is 11.4 Å². The van der Waals surface area contributed by atoms with Gasteiger partial charge in [0.05, 0.1) is 17.0 Å². The molecule has 2 N–H and O–H groups in total. The lowest BCUT2D eigenvalue weighted by molar-refractivity contribution is 0.433. The minimum Gasteiger partial charge on any atom is -0.493 e. The molecule has 34 heavy (non-hydrogen) atoms. The zero-order valence-electron chi connectivity index (χ0n) is 18.6. The minimum atomic E-state index is -1.11. The summed E-state index contributed by atoms with van der Waals surface area (Å²) in [7, 11) is 0. The van der Waals surface area contributed by atoms with Crippen LogP contribution in [0.15, 0.2) is 27.1 Å². The SMILES string of the molecule is CC(C)c1nn2c(=O)c(C(c3cccs3)c3c(O)nc4sc(C(C)C)nn4c3=O)c(O)nc2s1. The second-order valence-electron chi connectivity index (χ2n) is 8.34. The maximum atomic E-state index is 13.6. The Morgan fingerprint density at radius 2 is 1.29 bits per heavy atom. The number of aromatic nitrogens is 6. The van der Waals surface area contributed by atoms with Gasteiger partial charge >= 0.3 is 0 Å². The van der Waals surface area contributed by atoms with Crippen molar-refractivity contribution in [2.24, 2.45) is 0 Å². The Morgan fingerprint density at radius 3 is 1.68 bits per heavy atom. The largest absolute Gasteiger partial charge is 0.493 e. The Morgan fingerprint density at radius 1 is 0.824 bits per heavy atom. The fourth-order valence-electron chi connectivity index (χ4n) is 3.58. The summed E-state index contributed by atoms with van der Waals surface area (Å²) < 4.78 is 2.27. The molecular formula is C21H20N6O4S3. The van der Waals surface area contributed by atoms with Crippen LogP contribution in [0, 0.1) is 0 Å². The van der Waals surface area contributed by atoms with Gasteiger partial charge in [-0.1, -0.05) is 56.4 Å². The van der Waals surface area contributed by atoms with E-state index in [1.165, 1.54) is 34.0 Å². The van der Waals surface area contributed by atoms with Crippen molar-refractivity contribution in [3.05, 3.63) is 64.2 Å². The lowest BCUT2D eigenvalue weighted by Crippen LogP contribution is -2.28. The number of thiophene rings is 1. The van der Waals surface area contributed by atoms with Crippen LogP contribution >= 0.6 is 34.0 Å². The predicted octanol–water partition coefficient (Wildman–Crippen LogP) is 3.52. The number of nitrogens with zero attached hydrogens (tertiary/aromatic N) is 6. The van der Waals surface area contributed by atoms with Gasteiger partial charge in [0, 0.05) is 16.7 Å². The molecule has 0 aliphatic rings. The van der Waals surface area contributed by atoms with Gasteiger partial charge in [-0.25, -0.2) is 0 Å². The lowest BCUT2D eigenvalue weighted by Gasteiger charge is -2.16. The van der Waals surface area contributed by atoms with Gasteiger partial charge in [-0.15, -0.1) is 11.3 Å². The summed E-state index contributed by atoms with van der Waals surface area (Å²) in [6.45, 7) is 7.77. The van der Waals surface area contributed by atoms with Gasteiger partial charge in [0.1, 0.15) is 10.0 Å². The lowest BCUT2D eigenvalue weighted by atomic mass is 9.92. The quantitative estimate of drug-likeness (QED) is 0.362. The fraction of sp³-hybridized carbons (Fsp3) is 0.333. The molecule has 0 unspecified atom stereocenters. The van der Waals surface area contributed by atoms with Crippen LogP contribution < -0.4 is 11.1 Å². The van der Waals surface area contributed by atoms with Crippen LogP contribution in [0.25, 0.3) is 9.92 Å². The second-order valence-corrected chi connectivity index (χ2v) is 11.3. The zero-order valence-corrected chi connectivity index (χ0v) is 21.0. The normalized spacial score (nSPS) is 12.2. The predicted molar refractivity (Wildman–Crippen MR) is 131 cm³/mol. The van der Waals surface area contributed by atoms with Crippen LogP contribution in [0.3, 0.4) is 0 Å². The second kappa shape index (κ2) is 8.25. The molecule has 0 saturated carbocycles. The van der Waals surface area contributed by atoms with Crippen molar-refractivity contribution >= 4 is 43.9 Å². The number of rotatable bonds is 5. The molecule has 0 atom stereocenters. The Bertz CT molecular complexity index is 1540. The third-order valence-electron chi connectivity index (χ3n) is 5.27. The Balaban J connectivity index is 1.83. The van der Waals surface area contributed by atoms with E-state index in [4.69, 9.17) is 0 Å².